The van der Waals surface area contributed by atoms with Crippen LogP contribution in [0.1, 0.15) is 35.5 Å². The zero-order valence-corrected chi connectivity index (χ0v) is 10.9. The molecule has 2 rings (SSSR count). The van der Waals surface area contributed by atoms with Gasteiger partial charge in [0.25, 0.3) is 0 Å². The largest absolute Gasteiger partial charge is 0.323 e. The van der Waals surface area contributed by atoms with Gasteiger partial charge in [-0.3, -0.25) is 0 Å². The van der Waals surface area contributed by atoms with Crippen LogP contribution in [-0.4, -0.2) is 9.59 Å². The summed E-state index contributed by atoms with van der Waals surface area (Å²) in [5.41, 5.74) is 8.60. The van der Waals surface area contributed by atoms with E-state index in [9.17, 15) is 0 Å². The molecular weight excluding hydrogens is 238 g/mol. The van der Waals surface area contributed by atoms with Gasteiger partial charge in [0, 0.05) is 6.04 Å². The fourth-order valence-corrected chi connectivity index (χ4v) is 3.10. The van der Waals surface area contributed by atoms with Crippen LogP contribution in [-0.2, 0) is 12.8 Å². The maximum atomic E-state index is 6.17. The third kappa shape index (κ3) is 2.66. The molecule has 2 aromatic rings. The van der Waals surface area contributed by atoms with E-state index in [1.54, 1.807) is 11.3 Å². The Morgan fingerprint density at radius 1 is 1.50 bits per heavy atom. The Morgan fingerprint density at radius 3 is 3.06 bits per heavy atom. The molecule has 1 unspecified atom stereocenters. The first-order valence-electron chi connectivity index (χ1n) is 5.39. The molecule has 0 amide bonds. The second-order valence-electron chi connectivity index (χ2n) is 3.71. The number of thiophene rings is 1. The van der Waals surface area contributed by atoms with Crippen LogP contribution in [0.4, 0.5) is 0 Å². The second kappa shape index (κ2) is 5.52. The van der Waals surface area contributed by atoms with E-state index in [1.165, 1.54) is 17.1 Å². The minimum Gasteiger partial charge on any atom is -0.323 e. The molecule has 0 aromatic carbocycles. The zero-order valence-electron chi connectivity index (χ0n) is 9.22. The Morgan fingerprint density at radius 2 is 2.38 bits per heavy atom. The normalized spacial score (nSPS) is 12.9. The van der Waals surface area contributed by atoms with Gasteiger partial charge in [-0.15, -0.1) is 5.10 Å². The smallest absolute Gasteiger partial charge is 0.0800 e. The average Bonchev–Trinajstić information content (AvgIpc) is 2.96. The maximum absolute atomic E-state index is 6.17. The van der Waals surface area contributed by atoms with E-state index >= 15 is 0 Å². The standard InChI is InChI=1S/C11H15N3S2/c1-2-10-11(16-14-13-10)9(12)4-3-8-5-6-15-7-8/h5-7,9H,2-4,12H2,1H3. The Hall–Kier alpha value is -0.780. The molecule has 2 aromatic heterocycles. The quantitative estimate of drug-likeness (QED) is 0.891. The monoisotopic (exact) mass is 253 g/mol. The van der Waals surface area contributed by atoms with E-state index in [4.69, 9.17) is 5.73 Å². The Kier molecular flexibility index (Phi) is 4.04. The van der Waals surface area contributed by atoms with E-state index in [1.807, 2.05) is 0 Å². The third-order valence-corrected chi connectivity index (χ3v) is 4.21. The number of nitrogens with two attached hydrogens (primary N) is 1. The molecule has 0 spiro atoms. The lowest BCUT2D eigenvalue weighted by Gasteiger charge is -2.09. The summed E-state index contributed by atoms with van der Waals surface area (Å²) in [6, 6.07) is 2.23. The van der Waals surface area contributed by atoms with Crippen molar-refractivity contribution in [3.63, 3.8) is 0 Å². The molecule has 0 fully saturated rings. The number of nitrogens with zero attached hydrogens (tertiary/aromatic N) is 2. The predicted molar refractivity (Wildman–Crippen MR) is 68.9 cm³/mol. The molecule has 0 saturated heterocycles. The molecule has 0 saturated carbocycles. The van der Waals surface area contributed by atoms with Gasteiger partial charge in [-0.25, -0.2) is 0 Å². The lowest BCUT2D eigenvalue weighted by Crippen LogP contribution is -2.11. The van der Waals surface area contributed by atoms with Crippen molar-refractivity contribution >= 4 is 22.9 Å². The summed E-state index contributed by atoms with van der Waals surface area (Å²) in [6.45, 7) is 2.09. The van der Waals surface area contributed by atoms with E-state index in [0.29, 0.717) is 0 Å². The highest BCUT2D eigenvalue weighted by Crippen LogP contribution is 2.23. The SMILES string of the molecule is CCc1nnsc1C(N)CCc1ccsc1. The van der Waals surface area contributed by atoms with Gasteiger partial charge >= 0.3 is 0 Å². The number of rotatable bonds is 5. The molecular formula is C11H15N3S2. The molecule has 1 atom stereocenters. The summed E-state index contributed by atoms with van der Waals surface area (Å²) in [4.78, 5) is 1.15. The van der Waals surface area contributed by atoms with Crippen molar-refractivity contribution in [2.45, 2.75) is 32.2 Å². The summed E-state index contributed by atoms with van der Waals surface area (Å²) in [5.74, 6) is 0. The van der Waals surface area contributed by atoms with Crippen molar-refractivity contribution < 1.29 is 0 Å². The van der Waals surface area contributed by atoms with Gasteiger partial charge in [0.05, 0.1) is 10.6 Å². The van der Waals surface area contributed by atoms with E-state index in [2.05, 4.69) is 33.3 Å². The minimum absolute atomic E-state index is 0.0786. The van der Waals surface area contributed by atoms with Crippen LogP contribution in [0.15, 0.2) is 16.8 Å². The molecule has 3 nitrogen and oxygen atoms in total. The Labute approximate surface area is 103 Å². The molecule has 2 N–H and O–H groups in total. The van der Waals surface area contributed by atoms with Gasteiger partial charge in [0.15, 0.2) is 0 Å². The molecule has 2 heterocycles. The van der Waals surface area contributed by atoms with Crippen LogP contribution >= 0.6 is 22.9 Å². The highest BCUT2D eigenvalue weighted by Gasteiger charge is 2.14. The lowest BCUT2D eigenvalue weighted by atomic mass is 10.1. The summed E-state index contributed by atoms with van der Waals surface area (Å²) in [6.07, 6.45) is 2.91. The van der Waals surface area contributed by atoms with E-state index in [-0.39, 0.29) is 6.04 Å². The fourth-order valence-electron chi connectivity index (χ4n) is 1.63. The van der Waals surface area contributed by atoms with Gasteiger partial charge in [0.1, 0.15) is 0 Å². The molecule has 0 aliphatic heterocycles. The second-order valence-corrected chi connectivity index (χ2v) is 5.28. The molecule has 86 valence electrons. The van der Waals surface area contributed by atoms with Gasteiger partial charge in [0.2, 0.25) is 0 Å². The molecule has 0 radical (unpaired) electrons. The summed E-state index contributed by atoms with van der Waals surface area (Å²) < 4.78 is 3.97. The van der Waals surface area contributed by atoms with Crippen LogP contribution < -0.4 is 5.73 Å². The Bertz CT molecular complexity index is 422. The summed E-state index contributed by atoms with van der Waals surface area (Å²) >= 11 is 3.17. The fraction of sp³-hybridized carbons (Fsp3) is 0.455. The average molecular weight is 253 g/mol. The van der Waals surface area contributed by atoms with Gasteiger partial charge < -0.3 is 5.73 Å². The van der Waals surface area contributed by atoms with Crippen LogP contribution in [0.5, 0.6) is 0 Å². The minimum atomic E-state index is 0.0786. The van der Waals surface area contributed by atoms with Crippen molar-refractivity contribution in [1.29, 1.82) is 0 Å². The molecule has 0 bridgehead atoms. The highest BCUT2D eigenvalue weighted by atomic mass is 32.1. The van der Waals surface area contributed by atoms with Gasteiger partial charge in [-0.05, 0) is 53.2 Å². The van der Waals surface area contributed by atoms with Gasteiger partial charge in [-0.2, -0.15) is 11.3 Å². The first-order chi connectivity index (χ1) is 7.81. The number of hydrogen-bond donors (Lipinski definition) is 1. The Balaban J connectivity index is 1.95. The number of hydrogen-bond acceptors (Lipinski definition) is 5. The van der Waals surface area contributed by atoms with Crippen LogP contribution in [0, 0.1) is 0 Å². The topological polar surface area (TPSA) is 51.8 Å². The van der Waals surface area contributed by atoms with Crippen LogP contribution in [0.2, 0.25) is 0 Å². The zero-order chi connectivity index (χ0) is 11.4. The maximum Gasteiger partial charge on any atom is 0.0800 e. The van der Waals surface area contributed by atoms with Crippen molar-refractivity contribution in [2.24, 2.45) is 5.73 Å². The molecule has 5 heteroatoms. The van der Waals surface area contributed by atoms with E-state index < -0.39 is 0 Å². The number of aryl methyl sites for hydroxylation is 2. The van der Waals surface area contributed by atoms with Crippen LogP contribution in [0.3, 0.4) is 0 Å². The third-order valence-electron chi connectivity index (χ3n) is 2.58. The first-order valence-corrected chi connectivity index (χ1v) is 7.10. The first kappa shape index (κ1) is 11.7. The van der Waals surface area contributed by atoms with Crippen molar-refractivity contribution in [1.82, 2.24) is 9.59 Å². The van der Waals surface area contributed by atoms with Crippen LogP contribution in [0.25, 0.3) is 0 Å². The number of aromatic nitrogens is 2. The van der Waals surface area contributed by atoms with Crippen molar-refractivity contribution in [3.8, 4) is 0 Å². The summed E-state index contributed by atoms with van der Waals surface area (Å²) in [5, 5.41) is 8.37. The molecule has 0 aliphatic rings. The lowest BCUT2D eigenvalue weighted by molar-refractivity contribution is 0.654. The van der Waals surface area contributed by atoms with E-state index in [0.717, 1.165) is 29.8 Å². The predicted octanol–water partition coefficient (Wildman–Crippen LogP) is 2.79. The van der Waals surface area contributed by atoms with Gasteiger partial charge in [-0.1, -0.05) is 11.4 Å². The molecule has 0 aliphatic carbocycles. The summed E-state index contributed by atoms with van der Waals surface area (Å²) in [7, 11) is 0. The highest BCUT2D eigenvalue weighted by molar-refractivity contribution is 7.08. The van der Waals surface area contributed by atoms with Crippen molar-refractivity contribution in [2.75, 3.05) is 0 Å². The van der Waals surface area contributed by atoms with Crippen molar-refractivity contribution in [3.05, 3.63) is 33.0 Å². The molecule has 16 heavy (non-hydrogen) atoms.